The number of aromatic amines is 2. The molecule has 0 spiro atoms. The van der Waals surface area contributed by atoms with Gasteiger partial charge in [-0.25, -0.2) is 9.97 Å². The first-order valence-corrected chi connectivity index (χ1v) is 14.5. The number of carbonyl (C=O) groups excluding carboxylic acids is 1. The summed E-state index contributed by atoms with van der Waals surface area (Å²) >= 11 is 0. The van der Waals surface area contributed by atoms with Gasteiger partial charge in [-0.3, -0.25) is 9.69 Å². The third kappa shape index (κ3) is 6.91. The van der Waals surface area contributed by atoms with Crippen LogP contribution in [0.3, 0.4) is 0 Å². The monoisotopic (exact) mass is 517 g/mol. The highest BCUT2D eigenvalue weighted by molar-refractivity contribution is 5.94. The molecular formula is C30H43N7O. The van der Waals surface area contributed by atoms with Gasteiger partial charge in [0, 0.05) is 55.0 Å². The zero-order chi connectivity index (χ0) is 26.2. The minimum atomic E-state index is -0.0333. The van der Waals surface area contributed by atoms with E-state index < -0.39 is 0 Å². The number of aromatic nitrogens is 4. The molecule has 2 aromatic heterocycles. The highest BCUT2D eigenvalue weighted by Gasteiger charge is 2.30. The molecule has 3 aromatic rings. The van der Waals surface area contributed by atoms with E-state index in [1.807, 2.05) is 12.1 Å². The van der Waals surface area contributed by atoms with Gasteiger partial charge >= 0.3 is 0 Å². The summed E-state index contributed by atoms with van der Waals surface area (Å²) in [6, 6.07) is 10.2. The highest BCUT2D eigenvalue weighted by Crippen LogP contribution is 2.30. The topological polar surface area (TPSA) is 92.9 Å². The molecule has 2 aliphatic carbocycles. The zero-order valence-corrected chi connectivity index (χ0v) is 22.7. The Morgan fingerprint density at radius 1 is 0.868 bits per heavy atom. The number of benzene rings is 1. The summed E-state index contributed by atoms with van der Waals surface area (Å²) in [6.45, 7) is 5.18. The number of hydrogen-bond acceptors (Lipinski definition) is 5. The Morgan fingerprint density at radius 3 is 2.03 bits per heavy atom. The Labute approximate surface area is 226 Å². The van der Waals surface area contributed by atoms with Gasteiger partial charge < -0.3 is 20.2 Å². The molecule has 0 saturated heterocycles. The first-order valence-electron chi connectivity index (χ1n) is 14.5. The standard InChI is InChI=1S/C30H43N7O/c1-2-37(26-6-4-3-5-7-26)27-14-12-25(13-15-27)35-20-23-8-10-24(11-9-23)30(38)36(21-28-31-16-17-32-28)22-29-33-18-19-34-29/h8-11,16-19,25-27,35H,2-7,12-15,20-22H2,1H3,(H,31,32)(H,33,34)/t25-,27-. The summed E-state index contributed by atoms with van der Waals surface area (Å²) in [5.74, 6) is 1.47. The lowest BCUT2D eigenvalue weighted by Gasteiger charge is -2.42. The number of hydrogen-bond donors (Lipinski definition) is 3. The average molecular weight is 518 g/mol. The Bertz CT molecular complexity index is 1050. The maximum atomic E-state index is 13.4. The van der Waals surface area contributed by atoms with Gasteiger partial charge in [-0.15, -0.1) is 0 Å². The van der Waals surface area contributed by atoms with E-state index in [1.54, 1.807) is 29.7 Å². The van der Waals surface area contributed by atoms with E-state index in [1.165, 1.54) is 69.9 Å². The van der Waals surface area contributed by atoms with E-state index in [0.717, 1.165) is 30.3 Å². The lowest BCUT2D eigenvalue weighted by molar-refractivity contribution is 0.0721. The first-order chi connectivity index (χ1) is 18.7. The Kier molecular flexibility index (Phi) is 9.25. The van der Waals surface area contributed by atoms with Crippen molar-refractivity contribution >= 4 is 5.91 Å². The van der Waals surface area contributed by atoms with Crippen molar-refractivity contribution in [3.63, 3.8) is 0 Å². The Hall–Kier alpha value is -2.97. The zero-order valence-electron chi connectivity index (χ0n) is 22.7. The van der Waals surface area contributed by atoms with E-state index >= 15 is 0 Å². The predicted octanol–water partition coefficient (Wildman–Crippen LogP) is 5.03. The van der Waals surface area contributed by atoms with Gasteiger partial charge in [0.05, 0.1) is 13.1 Å². The van der Waals surface area contributed by atoms with Gasteiger partial charge in [-0.2, -0.15) is 0 Å². The second-order valence-corrected chi connectivity index (χ2v) is 10.9. The fourth-order valence-electron chi connectivity index (χ4n) is 6.38. The van der Waals surface area contributed by atoms with Crippen LogP contribution in [0, 0.1) is 0 Å². The van der Waals surface area contributed by atoms with Crippen molar-refractivity contribution < 1.29 is 4.79 Å². The van der Waals surface area contributed by atoms with Crippen LogP contribution in [0.2, 0.25) is 0 Å². The number of H-pyrrole nitrogens is 2. The number of imidazole rings is 2. The number of nitrogens with zero attached hydrogens (tertiary/aromatic N) is 4. The molecule has 2 heterocycles. The summed E-state index contributed by atoms with van der Waals surface area (Å²) in [5.41, 5.74) is 1.89. The molecule has 0 aliphatic heterocycles. The lowest BCUT2D eigenvalue weighted by atomic mass is 9.86. The van der Waals surface area contributed by atoms with Crippen molar-refractivity contribution in [2.24, 2.45) is 0 Å². The van der Waals surface area contributed by atoms with Crippen molar-refractivity contribution in [3.05, 3.63) is 71.8 Å². The van der Waals surface area contributed by atoms with Gasteiger partial charge in [0.2, 0.25) is 0 Å². The molecular weight excluding hydrogens is 474 g/mol. The van der Waals surface area contributed by atoms with Gasteiger partial charge in [-0.1, -0.05) is 38.3 Å². The van der Waals surface area contributed by atoms with Gasteiger partial charge in [-0.05, 0) is 62.8 Å². The summed E-state index contributed by atoms with van der Waals surface area (Å²) in [7, 11) is 0. The second kappa shape index (κ2) is 13.2. The third-order valence-corrected chi connectivity index (χ3v) is 8.45. The van der Waals surface area contributed by atoms with Crippen LogP contribution >= 0.6 is 0 Å². The maximum Gasteiger partial charge on any atom is 0.254 e. The number of nitrogens with one attached hydrogen (secondary N) is 3. The average Bonchev–Trinajstić information content (AvgIpc) is 3.68. The van der Waals surface area contributed by atoms with Crippen LogP contribution in [-0.4, -0.2) is 60.3 Å². The molecule has 38 heavy (non-hydrogen) atoms. The summed E-state index contributed by atoms with van der Waals surface area (Å²) in [6.07, 6.45) is 19.1. The fourth-order valence-corrected chi connectivity index (χ4v) is 6.38. The molecule has 0 bridgehead atoms. The molecule has 2 aliphatic rings. The van der Waals surface area contributed by atoms with Crippen LogP contribution in [0.5, 0.6) is 0 Å². The molecule has 8 heteroatoms. The Morgan fingerprint density at radius 2 is 1.47 bits per heavy atom. The van der Waals surface area contributed by atoms with Crippen molar-refractivity contribution in [2.45, 2.75) is 102 Å². The largest absolute Gasteiger partial charge is 0.347 e. The van der Waals surface area contributed by atoms with Crippen molar-refractivity contribution in [2.75, 3.05) is 6.54 Å². The minimum absolute atomic E-state index is 0.0333. The molecule has 2 saturated carbocycles. The van der Waals surface area contributed by atoms with Gasteiger partial charge in [0.15, 0.2) is 0 Å². The highest BCUT2D eigenvalue weighted by atomic mass is 16.2. The summed E-state index contributed by atoms with van der Waals surface area (Å²) in [5, 5.41) is 3.79. The summed E-state index contributed by atoms with van der Waals surface area (Å²) < 4.78 is 0. The van der Waals surface area contributed by atoms with E-state index in [0.29, 0.717) is 24.7 Å². The molecule has 0 unspecified atom stereocenters. The van der Waals surface area contributed by atoms with E-state index in [-0.39, 0.29) is 5.91 Å². The summed E-state index contributed by atoms with van der Waals surface area (Å²) in [4.78, 5) is 32.7. The number of amides is 1. The first kappa shape index (κ1) is 26.6. The third-order valence-electron chi connectivity index (χ3n) is 8.45. The second-order valence-electron chi connectivity index (χ2n) is 10.9. The quantitative estimate of drug-likeness (QED) is 0.332. The molecule has 1 amide bonds. The smallest absolute Gasteiger partial charge is 0.254 e. The predicted molar refractivity (Wildman–Crippen MR) is 149 cm³/mol. The molecule has 3 N–H and O–H groups in total. The normalized spacial score (nSPS) is 20.6. The van der Waals surface area contributed by atoms with Crippen molar-refractivity contribution in [3.8, 4) is 0 Å². The van der Waals surface area contributed by atoms with Crippen LogP contribution in [0.25, 0.3) is 0 Å². The van der Waals surface area contributed by atoms with Crippen LogP contribution in [0.1, 0.15) is 92.3 Å². The molecule has 2 fully saturated rings. The Balaban J connectivity index is 1.11. The minimum Gasteiger partial charge on any atom is -0.347 e. The fraction of sp³-hybridized carbons (Fsp3) is 0.567. The van der Waals surface area contributed by atoms with Crippen molar-refractivity contribution in [1.82, 2.24) is 35.1 Å². The van der Waals surface area contributed by atoms with Crippen LogP contribution in [0.15, 0.2) is 49.1 Å². The number of rotatable bonds is 11. The van der Waals surface area contributed by atoms with Crippen LogP contribution in [-0.2, 0) is 19.6 Å². The van der Waals surface area contributed by atoms with E-state index in [2.05, 4.69) is 49.2 Å². The molecule has 1 aromatic carbocycles. The maximum absolute atomic E-state index is 13.4. The van der Waals surface area contributed by atoms with E-state index in [9.17, 15) is 4.79 Å². The molecule has 204 valence electrons. The number of carbonyl (C=O) groups is 1. The van der Waals surface area contributed by atoms with Crippen LogP contribution < -0.4 is 5.32 Å². The molecule has 8 nitrogen and oxygen atoms in total. The SMILES string of the molecule is CCN(C1CCCCC1)[C@H]1CC[C@H](NCc2ccc(C(=O)N(Cc3ncc[nH]3)Cc3ncc[nH]3)cc2)CC1. The molecule has 0 radical (unpaired) electrons. The van der Waals surface area contributed by atoms with E-state index in [4.69, 9.17) is 0 Å². The lowest BCUT2D eigenvalue weighted by Crippen LogP contribution is -2.47. The van der Waals surface area contributed by atoms with Gasteiger partial charge in [0.25, 0.3) is 5.91 Å². The molecule has 5 rings (SSSR count). The van der Waals surface area contributed by atoms with Crippen molar-refractivity contribution in [1.29, 1.82) is 0 Å². The van der Waals surface area contributed by atoms with Crippen LogP contribution in [0.4, 0.5) is 0 Å². The van der Waals surface area contributed by atoms with Gasteiger partial charge in [0.1, 0.15) is 11.6 Å². The molecule has 0 atom stereocenters.